The van der Waals surface area contributed by atoms with Gasteiger partial charge in [-0.2, -0.15) is 0 Å². The number of rotatable bonds is 3. The fourth-order valence-electron chi connectivity index (χ4n) is 2.61. The first-order valence-electron chi connectivity index (χ1n) is 6.29. The maximum absolute atomic E-state index is 5.77. The molecule has 1 aromatic carbocycles. The zero-order valence-corrected chi connectivity index (χ0v) is 13.4. The van der Waals surface area contributed by atoms with Gasteiger partial charge in [-0.15, -0.1) is 12.4 Å². The van der Waals surface area contributed by atoms with Gasteiger partial charge in [0.25, 0.3) is 0 Å². The maximum atomic E-state index is 5.77. The number of aryl methyl sites for hydroxylation is 1. The highest BCUT2D eigenvalue weighted by Gasteiger charge is 2.28. The molecule has 2 N–H and O–H groups in total. The average molecular weight is 334 g/mol. The molecule has 0 spiro atoms. The van der Waals surface area contributed by atoms with Crippen LogP contribution in [0.3, 0.4) is 0 Å². The van der Waals surface area contributed by atoms with E-state index < -0.39 is 0 Å². The Labute approximate surface area is 124 Å². The van der Waals surface area contributed by atoms with Gasteiger partial charge in [-0.1, -0.05) is 28.1 Å². The molecule has 0 aliphatic carbocycles. The van der Waals surface area contributed by atoms with Crippen LogP contribution < -0.4 is 5.73 Å². The minimum Gasteiger partial charge on any atom is -0.330 e. The second-order valence-electron chi connectivity index (χ2n) is 5.21. The SMILES string of the molecule is Cc1ccc(CN2CC(CN)CC2C)c(Br)c1.Cl. The van der Waals surface area contributed by atoms with Gasteiger partial charge >= 0.3 is 0 Å². The molecule has 0 aromatic heterocycles. The molecule has 102 valence electrons. The van der Waals surface area contributed by atoms with E-state index in [1.807, 2.05) is 0 Å². The second-order valence-corrected chi connectivity index (χ2v) is 6.07. The van der Waals surface area contributed by atoms with Crippen molar-refractivity contribution in [3.63, 3.8) is 0 Å². The number of hydrogen-bond acceptors (Lipinski definition) is 2. The molecule has 1 aliphatic heterocycles. The molecule has 0 bridgehead atoms. The van der Waals surface area contributed by atoms with Crippen LogP contribution >= 0.6 is 28.3 Å². The molecule has 0 saturated carbocycles. The Morgan fingerprint density at radius 3 is 2.72 bits per heavy atom. The Hall–Kier alpha value is -0.0900. The Balaban J connectivity index is 0.00000162. The lowest BCUT2D eigenvalue weighted by Crippen LogP contribution is -2.27. The number of hydrogen-bond donors (Lipinski definition) is 1. The summed E-state index contributed by atoms with van der Waals surface area (Å²) in [6, 6.07) is 7.25. The van der Waals surface area contributed by atoms with Crippen molar-refractivity contribution in [1.82, 2.24) is 4.90 Å². The largest absolute Gasteiger partial charge is 0.330 e. The summed E-state index contributed by atoms with van der Waals surface area (Å²) in [5, 5.41) is 0. The van der Waals surface area contributed by atoms with Crippen molar-refractivity contribution in [2.75, 3.05) is 13.1 Å². The molecule has 4 heteroatoms. The van der Waals surface area contributed by atoms with Gasteiger partial charge in [0, 0.05) is 23.6 Å². The molecule has 0 amide bonds. The zero-order chi connectivity index (χ0) is 12.4. The molecule has 1 fully saturated rings. The summed E-state index contributed by atoms with van der Waals surface area (Å²) in [5.41, 5.74) is 8.44. The smallest absolute Gasteiger partial charge is 0.0247 e. The maximum Gasteiger partial charge on any atom is 0.0247 e. The molecule has 1 aromatic rings. The summed E-state index contributed by atoms with van der Waals surface area (Å²) in [6.07, 6.45) is 1.24. The van der Waals surface area contributed by atoms with E-state index in [4.69, 9.17) is 5.73 Å². The third-order valence-electron chi connectivity index (χ3n) is 3.71. The van der Waals surface area contributed by atoms with E-state index in [0.717, 1.165) is 19.6 Å². The standard InChI is InChI=1S/C14H21BrN2.ClH/c1-10-3-4-13(14(15)5-10)9-17-8-12(7-16)6-11(17)2;/h3-5,11-12H,6-9,16H2,1-2H3;1H. The molecule has 2 rings (SSSR count). The van der Waals surface area contributed by atoms with Crippen LogP contribution in [0, 0.1) is 12.8 Å². The Morgan fingerprint density at radius 2 is 2.17 bits per heavy atom. The van der Waals surface area contributed by atoms with Crippen LogP contribution in [-0.2, 0) is 6.54 Å². The van der Waals surface area contributed by atoms with E-state index in [0.29, 0.717) is 12.0 Å². The van der Waals surface area contributed by atoms with Crippen molar-refractivity contribution in [3.05, 3.63) is 33.8 Å². The highest BCUT2D eigenvalue weighted by molar-refractivity contribution is 9.10. The van der Waals surface area contributed by atoms with E-state index >= 15 is 0 Å². The van der Waals surface area contributed by atoms with Crippen molar-refractivity contribution >= 4 is 28.3 Å². The lowest BCUT2D eigenvalue weighted by Gasteiger charge is -2.21. The van der Waals surface area contributed by atoms with Gasteiger partial charge in [-0.3, -0.25) is 4.90 Å². The van der Waals surface area contributed by atoms with Crippen LogP contribution in [0.1, 0.15) is 24.5 Å². The van der Waals surface area contributed by atoms with Gasteiger partial charge in [0.2, 0.25) is 0 Å². The van der Waals surface area contributed by atoms with Gasteiger partial charge in [0.15, 0.2) is 0 Å². The molecule has 1 saturated heterocycles. The third kappa shape index (κ3) is 3.70. The highest BCUT2D eigenvalue weighted by atomic mass is 79.9. The molecule has 1 aliphatic rings. The molecule has 0 radical (unpaired) electrons. The predicted molar refractivity (Wildman–Crippen MR) is 83.2 cm³/mol. The van der Waals surface area contributed by atoms with Crippen molar-refractivity contribution in [3.8, 4) is 0 Å². The fourth-order valence-corrected chi connectivity index (χ4v) is 3.23. The summed E-state index contributed by atoms with van der Waals surface area (Å²) in [7, 11) is 0. The van der Waals surface area contributed by atoms with Crippen LogP contribution in [0.2, 0.25) is 0 Å². The Kier molecular flexibility index (Phi) is 6.12. The quantitative estimate of drug-likeness (QED) is 0.919. The first-order valence-corrected chi connectivity index (χ1v) is 7.08. The van der Waals surface area contributed by atoms with Crippen molar-refractivity contribution in [2.24, 2.45) is 11.7 Å². The summed E-state index contributed by atoms with van der Waals surface area (Å²) in [5.74, 6) is 0.675. The van der Waals surface area contributed by atoms with E-state index in [1.54, 1.807) is 0 Å². The van der Waals surface area contributed by atoms with Crippen LogP contribution in [0.5, 0.6) is 0 Å². The van der Waals surface area contributed by atoms with Gasteiger partial charge in [0.1, 0.15) is 0 Å². The van der Waals surface area contributed by atoms with Crippen molar-refractivity contribution < 1.29 is 0 Å². The van der Waals surface area contributed by atoms with Crippen LogP contribution in [0.25, 0.3) is 0 Å². The predicted octanol–water partition coefficient (Wildman–Crippen LogP) is 3.35. The van der Waals surface area contributed by atoms with Crippen LogP contribution in [0.15, 0.2) is 22.7 Å². The lowest BCUT2D eigenvalue weighted by atomic mass is 10.1. The van der Waals surface area contributed by atoms with Crippen molar-refractivity contribution in [2.45, 2.75) is 32.9 Å². The van der Waals surface area contributed by atoms with Crippen LogP contribution in [0.4, 0.5) is 0 Å². The number of benzene rings is 1. The minimum absolute atomic E-state index is 0. The summed E-state index contributed by atoms with van der Waals surface area (Å²) < 4.78 is 1.22. The molecule has 2 atom stereocenters. The first-order chi connectivity index (χ1) is 8.10. The summed E-state index contributed by atoms with van der Waals surface area (Å²) >= 11 is 3.66. The zero-order valence-electron chi connectivity index (χ0n) is 11.0. The van der Waals surface area contributed by atoms with E-state index in [9.17, 15) is 0 Å². The Morgan fingerprint density at radius 1 is 1.44 bits per heavy atom. The van der Waals surface area contributed by atoms with E-state index in [2.05, 4.69) is 52.9 Å². The molecule has 2 unspecified atom stereocenters. The first kappa shape index (κ1) is 16.0. The number of halogens is 2. The monoisotopic (exact) mass is 332 g/mol. The fraction of sp³-hybridized carbons (Fsp3) is 0.571. The highest BCUT2D eigenvalue weighted by Crippen LogP contribution is 2.27. The third-order valence-corrected chi connectivity index (χ3v) is 4.44. The molecular weight excluding hydrogens is 312 g/mol. The minimum atomic E-state index is 0. The molecule has 2 nitrogen and oxygen atoms in total. The summed E-state index contributed by atoms with van der Waals surface area (Å²) in [6.45, 7) is 7.40. The number of nitrogens with two attached hydrogens (primary N) is 1. The molecule has 18 heavy (non-hydrogen) atoms. The Bertz CT molecular complexity index is 397. The molecule has 1 heterocycles. The number of nitrogens with zero attached hydrogens (tertiary/aromatic N) is 1. The average Bonchev–Trinajstić information content (AvgIpc) is 2.64. The van der Waals surface area contributed by atoms with Gasteiger partial charge in [-0.05, 0) is 49.9 Å². The summed E-state index contributed by atoms with van der Waals surface area (Å²) in [4.78, 5) is 2.53. The second kappa shape index (κ2) is 6.90. The van der Waals surface area contributed by atoms with Gasteiger partial charge in [-0.25, -0.2) is 0 Å². The van der Waals surface area contributed by atoms with E-state index in [-0.39, 0.29) is 12.4 Å². The lowest BCUT2D eigenvalue weighted by molar-refractivity contribution is 0.255. The van der Waals surface area contributed by atoms with Crippen LogP contribution in [-0.4, -0.2) is 24.0 Å². The van der Waals surface area contributed by atoms with Crippen molar-refractivity contribution in [1.29, 1.82) is 0 Å². The topological polar surface area (TPSA) is 29.3 Å². The number of likely N-dealkylation sites (tertiary alicyclic amines) is 1. The normalized spacial score (nSPS) is 24.0. The van der Waals surface area contributed by atoms with Gasteiger partial charge < -0.3 is 5.73 Å². The van der Waals surface area contributed by atoms with Gasteiger partial charge in [0.05, 0.1) is 0 Å². The molecular formula is C14H22BrClN2. The van der Waals surface area contributed by atoms with E-state index in [1.165, 1.54) is 22.0 Å².